The summed E-state index contributed by atoms with van der Waals surface area (Å²) in [5.41, 5.74) is 2.16. The number of nitrogens with zero attached hydrogens (tertiary/aromatic N) is 1. The number of carbonyl (C=O) groups excluding carboxylic acids is 1. The molecule has 1 aliphatic heterocycles. The molecule has 0 aromatic heterocycles. The fraction of sp³-hybridized carbons (Fsp3) is 0.174. The molecule has 0 saturated carbocycles. The maximum atomic E-state index is 14.4. The minimum Gasteiger partial charge on any atom is -0.497 e. The smallest absolute Gasteiger partial charge is 0.258 e. The van der Waals surface area contributed by atoms with Gasteiger partial charge < -0.3 is 10.1 Å². The van der Waals surface area contributed by atoms with E-state index in [0.29, 0.717) is 24.4 Å². The summed E-state index contributed by atoms with van der Waals surface area (Å²) in [6, 6.07) is 17.5. The number of anilines is 1. The third-order valence-electron chi connectivity index (χ3n) is 5.26. The number of benzene rings is 3. The highest BCUT2D eigenvalue weighted by atomic mass is 32.2. The number of halogens is 1. The molecule has 0 fully saturated rings. The minimum absolute atomic E-state index is 0.117. The highest BCUT2D eigenvalue weighted by molar-refractivity contribution is 7.89. The van der Waals surface area contributed by atoms with Crippen LogP contribution in [0, 0.1) is 5.82 Å². The van der Waals surface area contributed by atoms with E-state index in [9.17, 15) is 17.6 Å². The van der Waals surface area contributed by atoms with Crippen LogP contribution in [0.5, 0.6) is 5.75 Å². The van der Waals surface area contributed by atoms with Gasteiger partial charge in [0.25, 0.3) is 5.91 Å². The van der Waals surface area contributed by atoms with Gasteiger partial charge in [0, 0.05) is 18.8 Å². The first-order chi connectivity index (χ1) is 14.9. The summed E-state index contributed by atoms with van der Waals surface area (Å²) in [5, 5.41) is 2.58. The van der Waals surface area contributed by atoms with Crippen LogP contribution < -0.4 is 10.1 Å². The molecule has 31 heavy (non-hydrogen) atoms. The second-order valence-electron chi connectivity index (χ2n) is 7.18. The van der Waals surface area contributed by atoms with Gasteiger partial charge in [0.05, 0.1) is 17.6 Å². The van der Waals surface area contributed by atoms with Gasteiger partial charge in [0.15, 0.2) is 0 Å². The molecule has 1 heterocycles. The zero-order valence-electron chi connectivity index (χ0n) is 16.8. The molecular weight excluding hydrogens is 419 g/mol. The molecule has 0 radical (unpaired) electrons. The molecule has 1 N–H and O–H groups in total. The van der Waals surface area contributed by atoms with Crippen molar-refractivity contribution in [2.24, 2.45) is 0 Å². The maximum absolute atomic E-state index is 14.4. The number of ether oxygens (including phenoxy) is 1. The van der Waals surface area contributed by atoms with Crippen LogP contribution >= 0.6 is 0 Å². The van der Waals surface area contributed by atoms with Crippen LogP contribution in [0.2, 0.25) is 0 Å². The molecule has 3 aromatic carbocycles. The number of rotatable bonds is 5. The van der Waals surface area contributed by atoms with Crippen LogP contribution in [0.1, 0.15) is 21.5 Å². The van der Waals surface area contributed by atoms with Gasteiger partial charge in [-0.25, -0.2) is 12.8 Å². The summed E-state index contributed by atoms with van der Waals surface area (Å²) in [4.78, 5) is 12.5. The van der Waals surface area contributed by atoms with Crippen molar-refractivity contribution in [2.45, 2.75) is 17.9 Å². The number of hydrogen-bond acceptors (Lipinski definition) is 4. The molecule has 0 spiro atoms. The SMILES string of the molecule is COc1ccc(NC(=O)c2cc(S(=O)(=O)N3CCc4ccccc4C3)ccc2F)cc1. The van der Waals surface area contributed by atoms with Crippen LogP contribution in [0.3, 0.4) is 0 Å². The normalized spacial score (nSPS) is 14.0. The molecular formula is C23H21FN2O4S. The van der Waals surface area contributed by atoms with E-state index >= 15 is 0 Å². The third kappa shape index (κ3) is 4.30. The minimum atomic E-state index is -3.89. The van der Waals surface area contributed by atoms with E-state index in [4.69, 9.17) is 4.74 Å². The fourth-order valence-electron chi connectivity index (χ4n) is 3.54. The van der Waals surface area contributed by atoms with Crippen molar-refractivity contribution in [1.29, 1.82) is 0 Å². The Morgan fingerprint density at radius 2 is 1.74 bits per heavy atom. The lowest BCUT2D eigenvalue weighted by Gasteiger charge is -2.28. The predicted octanol–water partition coefficient (Wildman–Crippen LogP) is 3.83. The molecule has 0 atom stereocenters. The quantitative estimate of drug-likeness (QED) is 0.654. The molecule has 4 rings (SSSR count). The summed E-state index contributed by atoms with van der Waals surface area (Å²) in [6.07, 6.45) is 0.599. The van der Waals surface area contributed by atoms with Crippen molar-refractivity contribution in [3.05, 3.63) is 89.2 Å². The van der Waals surface area contributed by atoms with E-state index in [1.807, 2.05) is 24.3 Å². The number of amides is 1. The molecule has 1 amide bonds. The van der Waals surface area contributed by atoms with Crippen molar-refractivity contribution in [3.63, 3.8) is 0 Å². The summed E-state index contributed by atoms with van der Waals surface area (Å²) in [7, 11) is -2.37. The van der Waals surface area contributed by atoms with Crippen LogP contribution in [0.25, 0.3) is 0 Å². The van der Waals surface area contributed by atoms with E-state index < -0.39 is 21.7 Å². The van der Waals surface area contributed by atoms with E-state index in [1.54, 1.807) is 24.3 Å². The zero-order chi connectivity index (χ0) is 22.0. The average molecular weight is 440 g/mol. The number of carbonyl (C=O) groups is 1. The predicted molar refractivity (Wildman–Crippen MR) is 115 cm³/mol. The standard InChI is InChI=1S/C23H21FN2O4S/c1-30-19-8-6-18(7-9-19)25-23(27)21-14-20(10-11-22(21)24)31(28,29)26-13-12-16-4-2-3-5-17(16)15-26/h2-11,14H,12-13,15H2,1H3,(H,25,27). The van der Waals surface area contributed by atoms with Gasteiger partial charge in [0.1, 0.15) is 11.6 Å². The molecule has 0 aliphatic carbocycles. The lowest BCUT2D eigenvalue weighted by Crippen LogP contribution is -2.36. The van der Waals surface area contributed by atoms with Gasteiger partial charge in [-0.2, -0.15) is 4.31 Å². The monoisotopic (exact) mass is 440 g/mol. The van der Waals surface area contributed by atoms with Gasteiger partial charge in [-0.3, -0.25) is 4.79 Å². The first kappa shape index (κ1) is 21.0. The van der Waals surface area contributed by atoms with E-state index in [0.717, 1.165) is 23.3 Å². The Morgan fingerprint density at radius 1 is 1.03 bits per heavy atom. The topological polar surface area (TPSA) is 75.7 Å². The van der Waals surface area contributed by atoms with Crippen molar-refractivity contribution < 1.29 is 22.3 Å². The highest BCUT2D eigenvalue weighted by Crippen LogP contribution is 2.26. The van der Waals surface area contributed by atoms with Crippen LogP contribution in [0.15, 0.2) is 71.6 Å². The summed E-state index contributed by atoms with van der Waals surface area (Å²) in [6.45, 7) is 0.563. The molecule has 160 valence electrons. The number of nitrogens with one attached hydrogen (secondary N) is 1. The summed E-state index contributed by atoms with van der Waals surface area (Å²) in [5.74, 6) is -0.918. The second-order valence-corrected chi connectivity index (χ2v) is 9.12. The molecule has 8 heteroatoms. The Hall–Kier alpha value is -3.23. The first-order valence-corrected chi connectivity index (χ1v) is 11.1. The Balaban J connectivity index is 1.58. The van der Waals surface area contributed by atoms with Crippen molar-refractivity contribution in [2.75, 3.05) is 19.0 Å². The van der Waals surface area contributed by atoms with E-state index in [2.05, 4.69) is 5.32 Å². The van der Waals surface area contributed by atoms with E-state index in [1.165, 1.54) is 17.5 Å². The molecule has 1 aliphatic rings. The molecule has 3 aromatic rings. The highest BCUT2D eigenvalue weighted by Gasteiger charge is 2.29. The van der Waals surface area contributed by atoms with Gasteiger partial charge in [-0.15, -0.1) is 0 Å². The van der Waals surface area contributed by atoms with Crippen molar-refractivity contribution >= 4 is 21.6 Å². The summed E-state index contributed by atoms with van der Waals surface area (Å²) >= 11 is 0. The maximum Gasteiger partial charge on any atom is 0.258 e. The number of hydrogen-bond donors (Lipinski definition) is 1. The lowest BCUT2D eigenvalue weighted by molar-refractivity contribution is 0.102. The fourth-order valence-corrected chi connectivity index (χ4v) is 4.98. The van der Waals surface area contributed by atoms with Gasteiger partial charge in [0.2, 0.25) is 10.0 Å². The molecule has 0 bridgehead atoms. The van der Waals surface area contributed by atoms with Gasteiger partial charge in [-0.1, -0.05) is 24.3 Å². The number of methoxy groups -OCH3 is 1. The Morgan fingerprint density at radius 3 is 2.45 bits per heavy atom. The first-order valence-electron chi connectivity index (χ1n) is 9.70. The van der Waals surface area contributed by atoms with Gasteiger partial charge in [-0.05, 0) is 60.0 Å². The van der Waals surface area contributed by atoms with Crippen molar-refractivity contribution in [3.8, 4) is 5.75 Å². The van der Waals surface area contributed by atoms with Gasteiger partial charge >= 0.3 is 0 Å². The Labute approximate surface area is 180 Å². The van der Waals surface area contributed by atoms with E-state index in [-0.39, 0.29) is 17.0 Å². The Bertz CT molecular complexity index is 1230. The molecule has 6 nitrogen and oxygen atoms in total. The number of fused-ring (bicyclic) bond motifs is 1. The average Bonchev–Trinajstić information content (AvgIpc) is 2.79. The lowest BCUT2D eigenvalue weighted by atomic mass is 10.0. The van der Waals surface area contributed by atoms with Crippen LogP contribution in [-0.2, 0) is 23.0 Å². The molecule has 0 saturated heterocycles. The van der Waals surface area contributed by atoms with Crippen LogP contribution in [0.4, 0.5) is 10.1 Å². The second kappa shape index (κ2) is 8.49. The summed E-state index contributed by atoms with van der Waals surface area (Å²) < 4.78 is 47.1. The zero-order valence-corrected chi connectivity index (χ0v) is 17.7. The largest absolute Gasteiger partial charge is 0.497 e. The number of sulfonamides is 1. The Kier molecular flexibility index (Phi) is 5.75. The van der Waals surface area contributed by atoms with Crippen LogP contribution in [-0.4, -0.2) is 32.3 Å². The molecule has 0 unspecified atom stereocenters. The third-order valence-corrected chi connectivity index (χ3v) is 7.10. The van der Waals surface area contributed by atoms with Crippen molar-refractivity contribution in [1.82, 2.24) is 4.31 Å².